The molecule has 1 atom stereocenters. The molecule has 6 rings (SSSR count). The number of carbonyl (C=O) groups excluding carboxylic acids is 2. The van der Waals surface area contributed by atoms with Crippen LogP contribution in [0.25, 0.3) is 16.8 Å². The van der Waals surface area contributed by atoms with Gasteiger partial charge >= 0.3 is 18.1 Å². The number of hydrogen-bond donors (Lipinski definition) is 0. The van der Waals surface area contributed by atoms with Gasteiger partial charge in [0.15, 0.2) is 10.5 Å². The second kappa shape index (κ2) is 13.1. The monoisotopic (exact) mass is 707 g/mol. The van der Waals surface area contributed by atoms with Crippen molar-refractivity contribution in [2.45, 2.75) is 19.1 Å². The largest absolute Gasteiger partial charge is 0.463 e. The highest BCUT2D eigenvalue weighted by molar-refractivity contribution is 7.07. The molecule has 0 saturated heterocycles. The number of aromatic nitrogens is 1. The van der Waals surface area contributed by atoms with E-state index >= 15 is 0 Å². The quantitative estimate of drug-likeness (QED) is 0.0843. The SMILES string of the molecule is CCOC(=O)C1=C(C(F)(F)F)N=c2s/c(=C\c3c(OC(=O)c4ccc([N+](=O)[O-])cc4)ccc4ccccc34)c(=O)n2[C@H]1c1ccc(Cl)cc1. The molecule has 5 aromatic rings. The number of ether oxygens (including phenoxy) is 2. The van der Waals surface area contributed by atoms with Gasteiger partial charge in [-0.3, -0.25) is 19.5 Å². The molecule has 0 spiro atoms. The molecule has 0 radical (unpaired) electrons. The molecule has 0 fully saturated rings. The molecule has 49 heavy (non-hydrogen) atoms. The van der Waals surface area contributed by atoms with Gasteiger partial charge in [-0.05, 0) is 59.7 Å². The lowest BCUT2D eigenvalue weighted by molar-refractivity contribution is -0.384. The van der Waals surface area contributed by atoms with E-state index in [2.05, 4.69) is 4.99 Å². The fourth-order valence-corrected chi connectivity index (χ4v) is 6.43. The van der Waals surface area contributed by atoms with E-state index in [1.165, 1.54) is 55.5 Å². The van der Waals surface area contributed by atoms with E-state index in [0.717, 1.165) is 16.7 Å². The number of benzene rings is 4. The Kier molecular flexibility index (Phi) is 8.92. The summed E-state index contributed by atoms with van der Waals surface area (Å²) in [7, 11) is 0. The van der Waals surface area contributed by atoms with E-state index < -0.39 is 45.9 Å². The van der Waals surface area contributed by atoms with Crippen LogP contribution in [0.1, 0.15) is 34.5 Å². The highest BCUT2D eigenvalue weighted by atomic mass is 35.5. The number of allylic oxidation sites excluding steroid dienone is 1. The zero-order valence-corrected chi connectivity index (χ0v) is 26.6. The molecule has 0 saturated carbocycles. The molecule has 10 nitrogen and oxygen atoms in total. The van der Waals surface area contributed by atoms with E-state index in [4.69, 9.17) is 21.1 Å². The van der Waals surface area contributed by atoms with Crippen LogP contribution in [-0.2, 0) is 9.53 Å². The zero-order valence-electron chi connectivity index (χ0n) is 25.1. The van der Waals surface area contributed by atoms with Gasteiger partial charge in [-0.1, -0.05) is 65.4 Å². The van der Waals surface area contributed by atoms with Crippen molar-refractivity contribution in [2.75, 3.05) is 6.61 Å². The van der Waals surface area contributed by atoms with Crippen molar-refractivity contribution in [3.63, 3.8) is 0 Å². The smallest absolute Gasteiger partial charge is 0.434 e. The van der Waals surface area contributed by atoms with Crippen molar-refractivity contribution in [1.29, 1.82) is 0 Å². The van der Waals surface area contributed by atoms with Gasteiger partial charge in [0, 0.05) is 22.7 Å². The van der Waals surface area contributed by atoms with Crippen molar-refractivity contribution < 1.29 is 37.2 Å². The number of fused-ring (bicyclic) bond motifs is 2. The van der Waals surface area contributed by atoms with Crippen LogP contribution in [0, 0.1) is 10.1 Å². The van der Waals surface area contributed by atoms with E-state index in [-0.39, 0.29) is 49.1 Å². The second-order valence-electron chi connectivity index (χ2n) is 10.5. The number of carbonyl (C=O) groups is 2. The summed E-state index contributed by atoms with van der Waals surface area (Å²) in [5.41, 5.74) is -2.94. The first-order valence-corrected chi connectivity index (χ1v) is 15.6. The first-order chi connectivity index (χ1) is 23.4. The van der Waals surface area contributed by atoms with E-state index in [9.17, 15) is 37.7 Å². The molecule has 0 aliphatic carbocycles. The number of esters is 2. The Bertz CT molecular complexity index is 2370. The minimum atomic E-state index is -5.09. The van der Waals surface area contributed by atoms with Crippen molar-refractivity contribution >= 4 is 57.4 Å². The molecule has 0 N–H and O–H groups in total. The molecular weight excluding hydrogens is 687 g/mol. The maximum atomic E-state index is 14.5. The molecule has 0 bridgehead atoms. The Morgan fingerprint density at radius 2 is 1.71 bits per heavy atom. The number of nitro groups is 1. The lowest BCUT2D eigenvalue weighted by Crippen LogP contribution is -2.41. The number of hydrogen-bond acceptors (Lipinski definition) is 9. The second-order valence-corrected chi connectivity index (χ2v) is 12.0. The summed E-state index contributed by atoms with van der Waals surface area (Å²) >= 11 is 6.70. The van der Waals surface area contributed by atoms with Crippen LogP contribution in [0.15, 0.2) is 106 Å². The Morgan fingerprint density at radius 1 is 1.02 bits per heavy atom. The molecule has 2 heterocycles. The average Bonchev–Trinajstić information content (AvgIpc) is 3.39. The number of thiazole rings is 1. The van der Waals surface area contributed by atoms with Crippen molar-refractivity contribution in [3.05, 3.63) is 148 Å². The van der Waals surface area contributed by atoms with Gasteiger partial charge in [0.1, 0.15) is 5.75 Å². The summed E-state index contributed by atoms with van der Waals surface area (Å²) in [4.78, 5) is 54.3. The van der Waals surface area contributed by atoms with Crippen LogP contribution in [0.5, 0.6) is 5.75 Å². The summed E-state index contributed by atoms with van der Waals surface area (Å²) in [5, 5.41) is 12.6. The maximum Gasteiger partial charge on any atom is 0.434 e. The number of nitro benzene ring substituents is 1. The molecule has 15 heteroatoms. The molecule has 1 aliphatic rings. The third kappa shape index (κ3) is 6.47. The summed E-state index contributed by atoms with van der Waals surface area (Å²) in [6, 6.07) is 19.0. The minimum Gasteiger partial charge on any atom is -0.463 e. The first kappa shape index (κ1) is 33.3. The predicted octanol–water partition coefficient (Wildman–Crippen LogP) is 6.27. The molecule has 248 valence electrons. The highest BCUT2D eigenvalue weighted by Crippen LogP contribution is 2.38. The first-order valence-electron chi connectivity index (χ1n) is 14.4. The molecule has 1 aliphatic heterocycles. The highest BCUT2D eigenvalue weighted by Gasteiger charge is 2.45. The van der Waals surface area contributed by atoms with Crippen LogP contribution in [-0.4, -0.2) is 34.2 Å². The van der Waals surface area contributed by atoms with Gasteiger partial charge in [-0.2, -0.15) is 13.2 Å². The number of non-ortho nitro benzene ring substituents is 1. The molecule has 4 aromatic carbocycles. The fraction of sp³-hybridized carbons (Fsp3) is 0.118. The predicted molar refractivity (Wildman–Crippen MR) is 174 cm³/mol. The number of nitrogens with zero attached hydrogens (tertiary/aromatic N) is 3. The zero-order chi connectivity index (χ0) is 35.0. The molecule has 0 unspecified atom stereocenters. The Balaban J connectivity index is 1.56. The van der Waals surface area contributed by atoms with E-state index in [1.807, 2.05) is 0 Å². The third-order valence-electron chi connectivity index (χ3n) is 7.50. The minimum absolute atomic E-state index is 0.00494. The summed E-state index contributed by atoms with van der Waals surface area (Å²) in [6.07, 6.45) is -3.71. The van der Waals surface area contributed by atoms with Gasteiger partial charge in [-0.15, -0.1) is 0 Å². The Labute approximate surface area is 282 Å². The van der Waals surface area contributed by atoms with Crippen LogP contribution in [0.2, 0.25) is 5.02 Å². The maximum absolute atomic E-state index is 14.5. The van der Waals surface area contributed by atoms with Crippen molar-refractivity contribution in [2.24, 2.45) is 4.99 Å². The lowest BCUT2D eigenvalue weighted by atomic mass is 9.95. The topological polar surface area (TPSA) is 130 Å². The van der Waals surface area contributed by atoms with Crippen molar-refractivity contribution in [1.82, 2.24) is 4.57 Å². The lowest BCUT2D eigenvalue weighted by Gasteiger charge is -2.26. The van der Waals surface area contributed by atoms with Crippen LogP contribution in [0.4, 0.5) is 18.9 Å². The number of halogens is 4. The van der Waals surface area contributed by atoms with Crippen LogP contribution >= 0.6 is 22.9 Å². The standard InChI is InChI=1S/C34H21ClF3N3O7S/c1-2-47-32(44)27-28(19-7-12-21(35)13-8-19)40-30(42)26(49-33(40)39-29(27)34(36,37)38)17-24-23-6-4-3-5-18(23)11-16-25(24)48-31(43)20-9-14-22(15-10-20)41(45)46/h3-17,28H,2H2,1H3/b26-17-/t28-/m0/s1. The van der Waals surface area contributed by atoms with Gasteiger partial charge in [0.05, 0.1) is 33.2 Å². The summed E-state index contributed by atoms with van der Waals surface area (Å²) in [6.45, 7) is 1.21. The normalized spacial score (nSPS) is 14.7. The average molecular weight is 708 g/mol. The van der Waals surface area contributed by atoms with Gasteiger partial charge in [0.2, 0.25) is 0 Å². The molecular formula is C34H21ClF3N3O7S. The summed E-state index contributed by atoms with van der Waals surface area (Å²) in [5.74, 6) is -2.13. The third-order valence-corrected chi connectivity index (χ3v) is 8.74. The van der Waals surface area contributed by atoms with Crippen LogP contribution in [0.3, 0.4) is 0 Å². The fourth-order valence-electron chi connectivity index (χ4n) is 5.32. The Hall–Kier alpha value is -5.60. The van der Waals surface area contributed by atoms with E-state index in [0.29, 0.717) is 22.1 Å². The van der Waals surface area contributed by atoms with Crippen molar-refractivity contribution in [3.8, 4) is 5.75 Å². The molecule has 1 aromatic heterocycles. The number of rotatable bonds is 7. The number of alkyl halides is 3. The Morgan fingerprint density at radius 3 is 2.37 bits per heavy atom. The van der Waals surface area contributed by atoms with Crippen LogP contribution < -0.4 is 19.6 Å². The van der Waals surface area contributed by atoms with Gasteiger partial charge < -0.3 is 9.47 Å². The molecule has 0 amide bonds. The van der Waals surface area contributed by atoms with E-state index in [1.54, 1.807) is 30.3 Å². The van der Waals surface area contributed by atoms with Gasteiger partial charge in [0.25, 0.3) is 11.2 Å². The summed E-state index contributed by atoms with van der Waals surface area (Å²) < 4.78 is 55.1. The van der Waals surface area contributed by atoms with Gasteiger partial charge in [-0.25, -0.2) is 14.6 Å².